The molecule has 0 aliphatic heterocycles. The van der Waals surface area contributed by atoms with E-state index in [4.69, 9.17) is 0 Å². The molecule has 0 spiro atoms. The lowest BCUT2D eigenvalue weighted by molar-refractivity contribution is 0.629. The first kappa shape index (κ1) is 13.5. The number of hydrogen-bond donors (Lipinski definition) is 1. The molecule has 2 nitrogen and oxygen atoms in total. The van der Waals surface area contributed by atoms with Gasteiger partial charge in [-0.1, -0.05) is 15.9 Å². The molecule has 0 bridgehead atoms. The predicted molar refractivity (Wildman–Crippen MR) is 78.6 cm³/mol. The van der Waals surface area contributed by atoms with E-state index in [2.05, 4.69) is 47.0 Å². The highest BCUT2D eigenvalue weighted by Gasteiger charge is 2.14. The molecule has 0 amide bonds. The van der Waals surface area contributed by atoms with Gasteiger partial charge >= 0.3 is 0 Å². The van der Waals surface area contributed by atoms with Gasteiger partial charge in [0.2, 0.25) is 0 Å². The minimum atomic E-state index is -0.267. The van der Waals surface area contributed by atoms with E-state index in [9.17, 15) is 4.39 Å². The fraction of sp³-hybridized carbons (Fsp3) is 0.308. The van der Waals surface area contributed by atoms with Gasteiger partial charge in [0.1, 0.15) is 5.82 Å². The highest BCUT2D eigenvalue weighted by molar-refractivity contribution is 9.10. The van der Waals surface area contributed by atoms with Crippen LogP contribution < -0.4 is 5.32 Å². The molecule has 2 aromatic rings. The Kier molecular flexibility index (Phi) is 3.73. The van der Waals surface area contributed by atoms with E-state index >= 15 is 0 Å². The largest absolute Gasteiger partial charge is 0.357 e. The third kappa shape index (κ3) is 3.29. The topological polar surface area (TPSA) is 24.9 Å². The maximum Gasteiger partial charge on any atom is 0.183 e. The van der Waals surface area contributed by atoms with Crippen LogP contribution in [0.15, 0.2) is 28.1 Å². The van der Waals surface area contributed by atoms with E-state index in [0.717, 1.165) is 9.60 Å². The van der Waals surface area contributed by atoms with E-state index in [0.29, 0.717) is 11.3 Å². The highest BCUT2D eigenvalue weighted by atomic mass is 79.9. The van der Waals surface area contributed by atoms with Gasteiger partial charge < -0.3 is 5.32 Å². The number of nitrogens with one attached hydrogen (secondary N) is 1. The molecule has 1 heterocycles. The average molecular weight is 329 g/mol. The van der Waals surface area contributed by atoms with Crippen LogP contribution >= 0.6 is 27.3 Å². The molecule has 0 atom stereocenters. The van der Waals surface area contributed by atoms with Crippen LogP contribution in [-0.4, -0.2) is 10.5 Å². The van der Waals surface area contributed by atoms with Gasteiger partial charge in [-0.3, -0.25) is 0 Å². The Hall–Kier alpha value is -0.940. The fourth-order valence-electron chi connectivity index (χ4n) is 1.47. The van der Waals surface area contributed by atoms with Crippen molar-refractivity contribution in [2.45, 2.75) is 26.3 Å². The van der Waals surface area contributed by atoms with Crippen LogP contribution in [0.5, 0.6) is 0 Å². The predicted octanol–water partition coefficient (Wildman–Crippen LogP) is 4.92. The minimum Gasteiger partial charge on any atom is -0.357 e. The van der Waals surface area contributed by atoms with Gasteiger partial charge in [-0.2, -0.15) is 0 Å². The molecule has 1 N–H and O–H groups in total. The van der Waals surface area contributed by atoms with Gasteiger partial charge in [-0.15, -0.1) is 11.3 Å². The quantitative estimate of drug-likeness (QED) is 0.846. The number of anilines is 1. The SMILES string of the molecule is CC(C)(C)Nc1nc(-c2ccc(Br)cc2F)cs1. The van der Waals surface area contributed by atoms with Crippen molar-refractivity contribution in [3.63, 3.8) is 0 Å². The number of halogens is 2. The maximum atomic E-state index is 13.8. The molecule has 0 unspecified atom stereocenters. The summed E-state index contributed by atoms with van der Waals surface area (Å²) in [7, 11) is 0. The van der Waals surface area contributed by atoms with Crippen LogP contribution in [0.2, 0.25) is 0 Å². The second-order valence-corrected chi connectivity index (χ2v) is 6.81. The molecule has 1 aromatic heterocycles. The second-order valence-electron chi connectivity index (χ2n) is 5.04. The van der Waals surface area contributed by atoms with Crippen LogP contribution in [0.1, 0.15) is 20.8 Å². The molecular formula is C13H14BrFN2S. The first-order valence-corrected chi connectivity index (χ1v) is 7.21. The van der Waals surface area contributed by atoms with Crippen molar-refractivity contribution in [2.24, 2.45) is 0 Å². The van der Waals surface area contributed by atoms with Crippen molar-refractivity contribution in [2.75, 3.05) is 5.32 Å². The average Bonchev–Trinajstić information content (AvgIpc) is 2.63. The smallest absolute Gasteiger partial charge is 0.183 e. The molecule has 0 aliphatic rings. The van der Waals surface area contributed by atoms with Crippen molar-refractivity contribution in [1.82, 2.24) is 4.98 Å². The summed E-state index contributed by atoms with van der Waals surface area (Å²) in [6.07, 6.45) is 0. The number of thiazole rings is 1. The Balaban J connectivity index is 2.29. The first-order chi connectivity index (χ1) is 8.35. The lowest BCUT2D eigenvalue weighted by Gasteiger charge is -2.19. The Labute approximate surface area is 118 Å². The summed E-state index contributed by atoms with van der Waals surface area (Å²) in [5.41, 5.74) is 1.14. The molecule has 0 fully saturated rings. The van der Waals surface area contributed by atoms with Crippen molar-refractivity contribution < 1.29 is 4.39 Å². The van der Waals surface area contributed by atoms with Crippen molar-refractivity contribution in [3.8, 4) is 11.3 Å². The number of nitrogens with zero attached hydrogens (tertiary/aromatic N) is 1. The van der Waals surface area contributed by atoms with Crippen LogP contribution in [-0.2, 0) is 0 Å². The zero-order valence-electron chi connectivity index (χ0n) is 10.4. The Bertz CT molecular complexity index is 560. The van der Waals surface area contributed by atoms with Crippen LogP contribution in [0.3, 0.4) is 0 Å². The Morgan fingerprint density at radius 2 is 2.06 bits per heavy atom. The molecule has 2 rings (SSSR count). The summed E-state index contributed by atoms with van der Waals surface area (Å²) in [6.45, 7) is 6.19. The van der Waals surface area contributed by atoms with Gasteiger partial charge in [0.15, 0.2) is 5.13 Å². The summed E-state index contributed by atoms with van der Waals surface area (Å²) in [5.74, 6) is -0.267. The lowest BCUT2D eigenvalue weighted by Crippen LogP contribution is -2.25. The molecule has 18 heavy (non-hydrogen) atoms. The van der Waals surface area contributed by atoms with Gasteiger partial charge in [-0.05, 0) is 39.0 Å². The number of aromatic nitrogens is 1. The van der Waals surface area contributed by atoms with E-state index in [1.807, 2.05) is 11.4 Å². The van der Waals surface area contributed by atoms with E-state index < -0.39 is 0 Å². The van der Waals surface area contributed by atoms with Crippen molar-refractivity contribution in [3.05, 3.63) is 33.9 Å². The molecule has 1 aromatic carbocycles. The summed E-state index contributed by atoms with van der Waals surface area (Å²) in [5, 5.41) is 5.94. The molecule has 0 saturated carbocycles. The minimum absolute atomic E-state index is 0.0482. The number of benzene rings is 1. The zero-order chi connectivity index (χ0) is 13.3. The molecule has 5 heteroatoms. The van der Waals surface area contributed by atoms with Gasteiger partial charge in [0.25, 0.3) is 0 Å². The molecule has 0 aliphatic carbocycles. The zero-order valence-corrected chi connectivity index (χ0v) is 12.8. The number of hydrogen-bond acceptors (Lipinski definition) is 3. The monoisotopic (exact) mass is 328 g/mol. The Morgan fingerprint density at radius 1 is 1.33 bits per heavy atom. The lowest BCUT2D eigenvalue weighted by atomic mass is 10.1. The van der Waals surface area contributed by atoms with Gasteiger partial charge in [-0.25, -0.2) is 9.37 Å². The third-order valence-electron chi connectivity index (χ3n) is 2.19. The second kappa shape index (κ2) is 4.97. The summed E-state index contributed by atoms with van der Waals surface area (Å²) < 4.78 is 14.5. The van der Waals surface area contributed by atoms with E-state index in [1.54, 1.807) is 6.07 Å². The molecule has 96 valence electrons. The molecular weight excluding hydrogens is 315 g/mol. The van der Waals surface area contributed by atoms with Crippen molar-refractivity contribution in [1.29, 1.82) is 0 Å². The summed E-state index contributed by atoms with van der Waals surface area (Å²) >= 11 is 4.73. The summed E-state index contributed by atoms with van der Waals surface area (Å²) in [6, 6.07) is 5.00. The van der Waals surface area contributed by atoms with Crippen LogP contribution in [0.4, 0.5) is 9.52 Å². The third-order valence-corrected chi connectivity index (χ3v) is 3.44. The van der Waals surface area contributed by atoms with Crippen LogP contribution in [0, 0.1) is 5.82 Å². The van der Waals surface area contributed by atoms with Gasteiger partial charge in [0.05, 0.1) is 5.69 Å². The maximum absolute atomic E-state index is 13.8. The fourth-order valence-corrected chi connectivity index (χ4v) is 2.73. The Morgan fingerprint density at radius 3 is 2.67 bits per heavy atom. The van der Waals surface area contributed by atoms with E-state index in [1.165, 1.54) is 17.4 Å². The molecule has 0 radical (unpaired) electrons. The summed E-state index contributed by atoms with van der Waals surface area (Å²) in [4.78, 5) is 4.41. The molecule has 0 saturated heterocycles. The first-order valence-electron chi connectivity index (χ1n) is 5.54. The van der Waals surface area contributed by atoms with Crippen LogP contribution in [0.25, 0.3) is 11.3 Å². The van der Waals surface area contributed by atoms with Gasteiger partial charge in [0, 0.05) is 21.0 Å². The normalized spacial score (nSPS) is 11.6. The van der Waals surface area contributed by atoms with Crippen molar-refractivity contribution >= 4 is 32.4 Å². The van der Waals surface area contributed by atoms with E-state index in [-0.39, 0.29) is 11.4 Å². The highest BCUT2D eigenvalue weighted by Crippen LogP contribution is 2.29. The standard InChI is InChI=1S/C13H14BrFN2S/c1-13(2,3)17-12-16-11(7-18-12)9-5-4-8(14)6-10(9)15/h4-7H,1-3H3,(H,16,17). The number of rotatable bonds is 2.